The van der Waals surface area contributed by atoms with Gasteiger partial charge >= 0.3 is 0 Å². The molecule has 2 unspecified atom stereocenters. The van der Waals surface area contributed by atoms with Crippen molar-refractivity contribution in [3.63, 3.8) is 0 Å². The molecule has 2 atom stereocenters. The van der Waals surface area contributed by atoms with E-state index >= 15 is 0 Å². The van der Waals surface area contributed by atoms with Crippen molar-refractivity contribution < 1.29 is 17.8 Å². The van der Waals surface area contributed by atoms with Gasteiger partial charge in [0.15, 0.2) is 0 Å². The zero-order valence-corrected chi connectivity index (χ0v) is 14.4. The number of nitrogens with one attached hydrogen (secondary N) is 1. The Kier molecular flexibility index (Phi) is 7.38. The lowest BCUT2D eigenvalue weighted by molar-refractivity contribution is -0.124. The summed E-state index contributed by atoms with van der Waals surface area (Å²) in [4.78, 5) is 12.3. The molecule has 0 aromatic heterocycles. The molecule has 0 bridgehead atoms. The van der Waals surface area contributed by atoms with Gasteiger partial charge in [-0.3, -0.25) is 4.79 Å². The molecule has 1 rings (SSSR count). The number of carbonyl (C=O) groups is 1. The average molecular weight is 344 g/mol. The number of benzene rings is 1. The topological polar surface area (TPSA) is 86.3 Å². The van der Waals surface area contributed by atoms with Crippen LogP contribution in [0, 0.1) is 11.8 Å². The first-order valence-corrected chi connectivity index (χ1v) is 9.24. The van der Waals surface area contributed by atoms with E-state index in [-0.39, 0.29) is 18.1 Å². The van der Waals surface area contributed by atoms with Crippen molar-refractivity contribution in [1.29, 1.82) is 0 Å². The highest BCUT2D eigenvalue weighted by Crippen LogP contribution is 2.14. The van der Waals surface area contributed by atoms with Crippen molar-refractivity contribution in [2.45, 2.75) is 32.1 Å². The monoisotopic (exact) mass is 344 g/mol. The number of carbonyl (C=O) groups excluding carboxylic acids is 1. The van der Waals surface area contributed by atoms with Gasteiger partial charge in [-0.2, -0.15) is 12.6 Å². The van der Waals surface area contributed by atoms with Crippen LogP contribution in [0.4, 0.5) is 0 Å². The van der Waals surface area contributed by atoms with Gasteiger partial charge in [0.25, 0.3) is 0 Å². The maximum Gasteiger partial charge on any atom is 0.225 e. The van der Waals surface area contributed by atoms with E-state index in [1.165, 1.54) is 0 Å². The van der Waals surface area contributed by atoms with E-state index in [0.29, 0.717) is 6.42 Å². The van der Waals surface area contributed by atoms with Crippen LogP contribution in [0.1, 0.15) is 25.8 Å². The number of thiol groups is 1. The van der Waals surface area contributed by atoms with Crippen LogP contribution in [-0.2, 0) is 21.3 Å². The maximum absolute atomic E-state index is 12.3. The van der Waals surface area contributed by atoms with Crippen molar-refractivity contribution >= 4 is 28.7 Å². The Bertz CT molecular complexity index is 572. The summed E-state index contributed by atoms with van der Waals surface area (Å²) in [6.07, 6.45) is 0.547. The van der Waals surface area contributed by atoms with Gasteiger partial charge in [-0.15, -0.1) is 0 Å². The highest BCUT2D eigenvalue weighted by molar-refractivity contribution is 7.86. The molecule has 0 aliphatic rings. The van der Waals surface area contributed by atoms with Crippen molar-refractivity contribution in [2.75, 3.05) is 5.75 Å². The summed E-state index contributed by atoms with van der Waals surface area (Å²) >= 11 is 4.16. The molecule has 1 amide bonds. The predicted octanol–water partition coefficient (Wildman–Crippen LogP) is 1.81. The van der Waals surface area contributed by atoms with Crippen molar-refractivity contribution in [3.8, 4) is 0 Å². The molecule has 7 heteroatoms. The summed E-state index contributed by atoms with van der Waals surface area (Å²) in [6, 6.07) is 9.39. The van der Waals surface area contributed by atoms with Crippen molar-refractivity contribution in [2.24, 2.45) is 11.8 Å². The molecule has 0 heterocycles. The summed E-state index contributed by atoms with van der Waals surface area (Å²) < 4.78 is 33.8. The van der Waals surface area contributed by atoms with Crippen LogP contribution >= 0.6 is 12.6 Å². The standard InChI is InChI=1S/C15H23NO4S2/c1-11(2)8-14(22(18,19)20)16-15(17)13(10-21)9-12-6-4-3-5-7-12/h3-7,11,13-14,21H,8-10H2,1-2H3,(H,16,17)(H,18,19,20)/p-1. The predicted molar refractivity (Wildman–Crippen MR) is 88.6 cm³/mol. The van der Waals surface area contributed by atoms with Crippen LogP contribution in [0.25, 0.3) is 0 Å². The molecule has 0 saturated heterocycles. The molecule has 1 N–H and O–H groups in total. The number of hydrogen-bond donors (Lipinski definition) is 2. The van der Waals surface area contributed by atoms with E-state index in [9.17, 15) is 17.8 Å². The van der Waals surface area contributed by atoms with Gasteiger partial charge in [0.05, 0.1) is 5.92 Å². The molecule has 0 fully saturated rings. The summed E-state index contributed by atoms with van der Waals surface area (Å²) in [5, 5.41) is 0.981. The van der Waals surface area contributed by atoms with E-state index in [0.717, 1.165) is 5.56 Å². The first-order chi connectivity index (χ1) is 10.2. The largest absolute Gasteiger partial charge is 0.746 e. The van der Waals surface area contributed by atoms with Gasteiger partial charge in [0, 0.05) is 5.75 Å². The Balaban J connectivity index is 2.78. The molecule has 0 radical (unpaired) electrons. The van der Waals surface area contributed by atoms with Crippen LogP contribution in [0.5, 0.6) is 0 Å². The average Bonchev–Trinajstić information content (AvgIpc) is 2.43. The third-order valence-electron chi connectivity index (χ3n) is 3.25. The smallest absolute Gasteiger partial charge is 0.225 e. The zero-order valence-electron chi connectivity index (χ0n) is 12.7. The minimum atomic E-state index is -4.58. The lowest BCUT2D eigenvalue weighted by atomic mass is 10.00. The van der Waals surface area contributed by atoms with Crippen LogP contribution in [0.3, 0.4) is 0 Å². The quantitative estimate of drug-likeness (QED) is 0.556. The van der Waals surface area contributed by atoms with E-state index < -0.39 is 27.3 Å². The molecule has 22 heavy (non-hydrogen) atoms. The minimum Gasteiger partial charge on any atom is -0.746 e. The van der Waals surface area contributed by atoms with E-state index in [4.69, 9.17) is 0 Å². The third kappa shape index (κ3) is 6.37. The second kappa shape index (κ2) is 8.55. The molecule has 5 nitrogen and oxygen atoms in total. The Hall–Kier alpha value is -1.05. The van der Waals surface area contributed by atoms with Crippen molar-refractivity contribution in [3.05, 3.63) is 35.9 Å². The van der Waals surface area contributed by atoms with Crippen molar-refractivity contribution in [1.82, 2.24) is 5.32 Å². The molecule has 1 aromatic rings. The third-order valence-corrected chi connectivity index (χ3v) is 4.70. The number of rotatable bonds is 8. The zero-order chi connectivity index (χ0) is 16.8. The molecule has 0 aliphatic carbocycles. The van der Waals surface area contributed by atoms with Gasteiger partial charge < -0.3 is 9.87 Å². The second-order valence-electron chi connectivity index (χ2n) is 5.69. The fourth-order valence-electron chi connectivity index (χ4n) is 2.09. The van der Waals surface area contributed by atoms with Gasteiger partial charge in [-0.25, -0.2) is 8.42 Å². The normalized spacial score (nSPS) is 14.6. The van der Waals surface area contributed by atoms with Gasteiger partial charge in [-0.1, -0.05) is 44.2 Å². The number of amides is 1. The summed E-state index contributed by atoms with van der Waals surface area (Å²) in [7, 11) is -4.58. The summed E-state index contributed by atoms with van der Waals surface area (Å²) in [6.45, 7) is 3.59. The molecular weight excluding hydrogens is 322 g/mol. The molecule has 124 valence electrons. The summed E-state index contributed by atoms with van der Waals surface area (Å²) in [5.74, 6) is -0.683. The summed E-state index contributed by atoms with van der Waals surface area (Å²) in [5.41, 5.74) is 0.960. The van der Waals surface area contributed by atoms with Gasteiger partial charge in [-0.05, 0) is 24.3 Å². The van der Waals surface area contributed by atoms with Crippen LogP contribution < -0.4 is 5.32 Å². The highest BCUT2D eigenvalue weighted by Gasteiger charge is 2.24. The lowest BCUT2D eigenvalue weighted by Gasteiger charge is -2.25. The van der Waals surface area contributed by atoms with Crippen LogP contribution in [-0.4, -0.2) is 30.0 Å². The minimum absolute atomic E-state index is 0.0161. The van der Waals surface area contributed by atoms with E-state index in [1.807, 2.05) is 30.3 Å². The molecule has 0 spiro atoms. The first-order valence-electron chi connectivity index (χ1n) is 7.14. The maximum atomic E-state index is 12.3. The van der Waals surface area contributed by atoms with Gasteiger partial charge in [0.1, 0.15) is 15.5 Å². The van der Waals surface area contributed by atoms with Crippen LogP contribution in [0.15, 0.2) is 30.3 Å². The highest BCUT2D eigenvalue weighted by atomic mass is 32.2. The Labute approximate surface area is 137 Å². The van der Waals surface area contributed by atoms with E-state index in [2.05, 4.69) is 17.9 Å². The van der Waals surface area contributed by atoms with E-state index in [1.54, 1.807) is 13.8 Å². The number of hydrogen-bond acceptors (Lipinski definition) is 5. The SMILES string of the molecule is CC(C)CC(NC(=O)C(CS)Cc1ccccc1)S(=O)(=O)[O-]. The Morgan fingerprint density at radius 3 is 2.32 bits per heavy atom. The lowest BCUT2D eigenvalue weighted by Crippen LogP contribution is -2.45. The first kappa shape index (κ1) is 19.0. The molecule has 1 aromatic carbocycles. The Morgan fingerprint density at radius 2 is 1.86 bits per heavy atom. The van der Waals surface area contributed by atoms with Crippen LogP contribution in [0.2, 0.25) is 0 Å². The van der Waals surface area contributed by atoms with Gasteiger partial charge in [0.2, 0.25) is 5.91 Å². The molecular formula is C15H22NO4S2-. The fourth-order valence-corrected chi connectivity index (χ4v) is 3.27. The Morgan fingerprint density at radius 1 is 1.27 bits per heavy atom. The second-order valence-corrected chi connectivity index (χ2v) is 7.61. The molecule has 0 saturated carbocycles. The molecule has 0 aliphatic heterocycles. The fraction of sp³-hybridized carbons (Fsp3) is 0.533.